The first-order chi connectivity index (χ1) is 8.67. The Morgan fingerprint density at radius 3 is 2.72 bits per heavy atom. The lowest BCUT2D eigenvalue weighted by Crippen LogP contribution is -2.10. The molecule has 0 aliphatic heterocycles. The maximum atomic E-state index is 11.5. The van der Waals surface area contributed by atoms with Crippen molar-refractivity contribution in [3.63, 3.8) is 0 Å². The van der Waals surface area contributed by atoms with Crippen LogP contribution >= 0.6 is 15.9 Å². The van der Waals surface area contributed by atoms with Gasteiger partial charge >= 0.3 is 5.97 Å². The first kappa shape index (κ1) is 14.5. The third-order valence-electron chi connectivity index (χ3n) is 2.46. The molecule has 0 saturated carbocycles. The molecule has 1 aromatic rings. The first-order valence-corrected chi connectivity index (χ1v) is 6.60. The summed E-state index contributed by atoms with van der Waals surface area (Å²) in [5.41, 5.74) is 1.88. The fourth-order valence-electron chi connectivity index (χ4n) is 1.65. The lowest BCUT2D eigenvalue weighted by molar-refractivity contribution is -0.142. The molecule has 0 fully saturated rings. The van der Waals surface area contributed by atoms with E-state index < -0.39 is 0 Å². The van der Waals surface area contributed by atoms with E-state index in [2.05, 4.69) is 22.0 Å². The normalized spacial score (nSPS) is 9.67. The molecule has 4 nitrogen and oxygen atoms in total. The average Bonchev–Trinajstić information content (AvgIpc) is 2.38. The van der Waals surface area contributed by atoms with Crippen molar-refractivity contribution in [2.24, 2.45) is 0 Å². The van der Waals surface area contributed by atoms with Gasteiger partial charge in [-0.2, -0.15) is 5.26 Å². The molecule has 0 N–H and O–H groups in total. The molecule has 5 heteroatoms. The Labute approximate surface area is 115 Å². The van der Waals surface area contributed by atoms with Gasteiger partial charge in [0.05, 0.1) is 31.8 Å². The summed E-state index contributed by atoms with van der Waals surface area (Å²) in [6.07, 6.45) is 0.0424. The number of hydrogen-bond donors (Lipinski definition) is 0. The average molecular weight is 312 g/mol. The van der Waals surface area contributed by atoms with E-state index in [1.807, 2.05) is 0 Å². The highest BCUT2D eigenvalue weighted by atomic mass is 79.9. The third-order valence-corrected chi connectivity index (χ3v) is 3.06. The summed E-state index contributed by atoms with van der Waals surface area (Å²) in [4.78, 5) is 11.5. The summed E-state index contributed by atoms with van der Waals surface area (Å²) >= 11 is 3.32. The van der Waals surface area contributed by atoms with Gasteiger partial charge in [-0.25, -0.2) is 0 Å². The molecule has 0 saturated heterocycles. The molecule has 0 aliphatic carbocycles. The number of carbonyl (C=O) groups excluding carboxylic acids is 1. The standard InChI is InChI=1S/C13H14BrNO3/c1-3-18-13(16)6-10-11(8-15)9(7-14)4-5-12(10)17-2/h4-5H,3,6-7H2,1-2H3. The van der Waals surface area contributed by atoms with Crippen molar-refractivity contribution >= 4 is 21.9 Å². The first-order valence-electron chi connectivity index (χ1n) is 5.48. The molecule has 1 aromatic carbocycles. The zero-order valence-corrected chi connectivity index (χ0v) is 11.9. The van der Waals surface area contributed by atoms with Gasteiger partial charge in [0.1, 0.15) is 5.75 Å². The van der Waals surface area contributed by atoms with Gasteiger partial charge in [0.2, 0.25) is 0 Å². The van der Waals surface area contributed by atoms with Crippen molar-refractivity contribution in [1.29, 1.82) is 5.26 Å². The van der Waals surface area contributed by atoms with Crippen molar-refractivity contribution in [2.45, 2.75) is 18.7 Å². The molecule has 0 heterocycles. The number of rotatable bonds is 5. The lowest BCUT2D eigenvalue weighted by atomic mass is 9.99. The zero-order chi connectivity index (χ0) is 13.5. The van der Waals surface area contributed by atoms with Crippen LogP contribution in [0.5, 0.6) is 5.75 Å². The van der Waals surface area contributed by atoms with Crippen LogP contribution in [0.1, 0.15) is 23.6 Å². The summed E-state index contributed by atoms with van der Waals surface area (Å²) in [6.45, 7) is 2.07. The fourth-order valence-corrected chi connectivity index (χ4v) is 2.12. The van der Waals surface area contributed by atoms with Gasteiger partial charge in [-0.3, -0.25) is 4.79 Å². The number of methoxy groups -OCH3 is 1. The molecule has 0 aromatic heterocycles. The van der Waals surface area contributed by atoms with Gasteiger partial charge in [-0.1, -0.05) is 22.0 Å². The van der Waals surface area contributed by atoms with Gasteiger partial charge in [0.25, 0.3) is 0 Å². The fraction of sp³-hybridized carbons (Fsp3) is 0.385. The van der Waals surface area contributed by atoms with Crippen molar-refractivity contribution in [3.05, 3.63) is 28.8 Å². The van der Waals surface area contributed by atoms with E-state index >= 15 is 0 Å². The Kier molecular flexibility index (Phi) is 5.66. The largest absolute Gasteiger partial charge is 0.496 e. The van der Waals surface area contributed by atoms with Crippen LogP contribution in [0.3, 0.4) is 0 Å². The van der Waals surface area contributed by atoms with Crippen LogP contribution in [0.25, 0.3) is 0 Å². The second-order valence-electron chi connectivity index (χ2n) is 3.51. The second-order valence-corrected chi connectivity index (χ2v) is 4.07. The molecule has 0 unspecified atom stereocenters. The van der Waals surface area contributed by atoms with E-state index in [0.29, 0.717) is 28.8 Å². The number of carbonyl (C=O) groups is 1. The van der Waals surface area contributed by atoms with Gasteiger partial charge < -0.3 is 9.47 Å². The topological polar surface area (TPSA) is 59.3 Å². The zero-order valence-electron chi connectivity index (χ0n) is 10.3. The molecule has 18 heavy (non-hydrogen) atoms. The number of benzene rings is 1. The van der Waals surface area contributed by atoms with E-state index in [0.717, 1.165) is 5.56 Å². The molecule has 0 radical (unpaired) electrons. The maximum absolute atomic E-state index is 11.5. The van der Waals surface area contributed by atoms with E-state index in [9.17, 15) is 10.1 Å². The van der Waals surface area contributed by atoms with Gasteiger partial charge in [0, 0.05) is 10.9 Å². The van der Waals surface area contributed by atoms with E-state index in [1.54, 1.807) is 19.1 Å². The van der Waals surface area contributed by atoms with Gasteiger partial charge in [-0.15, -0.1) is 0 Å². The molecular formula is C13H14BrNO3. The maximum Gasteiger partial charge on any atom is 0.310 e. The number of esters is 1. The minimum atomic E-state index is -0.362. The summed E-state index contributed by atoms with van der Waals surface area (Å²) in [5, 5.41) is 9.77. The van der Waals surface area contributed by atoms with Crippen molar-refractivity contribution in [3.8, 4) is 11.8 Å². The summed E-state index contributed by atoms with van der Waals surface area (Å²) in [5.74, 6) is 0.170. The summed E-state index contributed by atoms with van der Waals surface area (Å²) in [6, 6.07) is 5.68. The van der Waals surface area contributed by atoms with Crippen LogP contribution in [-0.4, -0.2) is 19.7 Å². The third kappa shape index (κ3) is 3.23. The van der Waals surface area contributed by atoms with Crippen LogP contribution < -0.4 is 4.74 Å². The molecule has 0 spiro atoms. The van der Waals surface area contributed by atoms with E-state index in [1.165, 1.54) is 7.11 Å². The minimum Gasteiger partial charge on any atom is -0.496 e. The van der Waals surface area contributed by atoms with E-state index in [4.69, 9.17) is 9.47 Å². The molecular weight excluding hydrogens is 298 g/mol. The molecule has 0 bridgehead atoms. The Hall–Kier alpha value is -1.54. The number of hydrogen-bond acceptors (Lipinski definition) is 4. The van der Waals surface area contributed by atoms with Gasteiger partial charge in [-0.05, 0) is 18.6 Å². The molecule has 0 amide bonds. The molecule has 0 aliphatic rings. The molecule has 1 rings (SSSR count). The second kappa shape index (κ2) is 7.02. The molecule has 0 atom stereocenters. The SMILES string of the molecule is CCOC(=O)Cc1c(OC)ccc(CBr)c1C#N. The lowest BCUT2D eigenvalue weighted by Gasteiger charge is -2.12. The highest BCUT2D eigenvalue weighted by Gasteiger charge is 2.17. The van der Waals surface area contributed by atoms with Crippen LogP contribution in [0.15, 0.2) is 12.1 Å². The Morgan fingerprint density at radius 2 is 2.22 bits per heavy atom. The number of halogens is 1. The Balaban J connectivity index is 3.20. The number of alkyl halides is 1. The smallest absolute Gasteiger partial charge is 0.310 e. The Bertz CT molecular complexity index is 480. The minimum absolute atomic E-state index is 0.0424. The summed E-state index contributed by atoms with van der Waals surface area (Å²) in [7, 11) is 1.51. The van der Waals surface area contributed by atoms with Crippen molar-refractivity contribution in [2.75, 3.05) is 13.7 Å². The monoisotopic (exact) mass is 311 g/mol. The number of nitriles is 1. The quantitative estimate of drug-likeness (QED) is 0.619. The highest BCUT2D eigenvalue weighted by Crippen LogP contribution is 2.27. The predicted molar refractivity (Wildman–Crippen MR) is 70.7 cm³/mol. The van der Waals surface area contributed by atoms with E-state index in [-0.39, 0.29) is 12.4 Å². The summed E-state index contributed by atoms with van der Waals surface area (Å²) < 4.78 is 10.1. The number of ether oxygens (including phenoxy) is 2. The predicted octanol–water partition coefficient (Wildman–Crippen LogP) is 2.57. The van der Waals surface area contributed by atoms with Crippen molar-refractivity contribution < 1.29 is 14.3 Å². The van der Waals surface area contributed by atoms with Gasteiger partial charge in [0.15, 0.2) is 0 Å². The van der Waals surface area contributed by atoms with Crippen LogP contribution in [0.4, 0.5) is 0 Å². The Morgan fingerprint density at radius 1 is 1.50 bits per heavy atom. The number of nitrogens with zero attached hydrogens (tertiary/aromatic N) is 1. The van der Waals surface area contributed by atoms with Crippen LogP contribution in [0, 0.1) is 11.3 Å². The van der Waals surface area contributed by atoms with Crippen molar-refractivity contribution in [1.82, 2.24) is 0 Å². The van der Waals surface area contributed by atoms with Crippen LogP contribution in [0.2, 0.25) is 0 Å². The highest BCUT2D eigenvalue weighted by molar-refractivity contribution is 9.08. The van der Waals surface area contributed by atoms with Crippen LogP contribution in [-0.2, 0) is 21.3 Å². The molecule has 96 valence electrons.